The Hall–Kier alpha value is -3.48. The van der Waals surface area contributed by atoms with Crippen LogP contribution in [-0.4, -0.2) is 39.9 Å². The third kappa shape index (κ3) is 3.78. The van der Waals surface area contributed by atoms with Gasteiger partial charge in [-0.3, -0.25) is 14.6 Å². The fourth-order valence-corrected chi connectivity index (χ4v) is 3.26. The normalized spacial score (nSPS) is 13.9. The first kappa shape index (κ1) is 17.9. The molecule has 0 radical (unpaired) electrons. The molecule has 2 amide bonds. The molecule has 3 heterocycles. The molecule has 0 aliphatic carbocycles. The molecule has 1 aliphatic rings. The van der Waals surface area contributed by atoms with E-state index in [0.29, 0.717) is 17.0 Å². The number of hydrogen-bond acceptors (Lipinski definition) is 5. The van der Waals surface area contributed by atoms with Crippen LogP contribution in [0.5, 0.6) is 0 Å². The van der Waals surface area contributed by atoms with Gasteiger partial charge in [-0.05, 0) is 43.5 Å². The molecule has 0 bridgehead atoms. The fraction of sp³-hybridized carbons (Fsp3) is 0.238. The molecular weight excluding hydrogens is 356 g/mol. The summed E-state index contributed by atoms with van der Waals surface area (Å²) in [5.74, 6) is -0.0412. The van der Waals surface area contributed by atoms with Gasteiger partial charge in [-0.15, -0.1) is 0 Å². The Kier molecular flexibility index (Phi) is 5.14. The Morgan fingerprint density at radius 1 is 1.04 bits per heavy atom. The molecule has 1 N–H and O–H groups in total. The van der Waals surface area contributed by atoms with E-state index in [1.54, 1.807) is 48.8 Å². The van der Waals surface area contributed by atoms with Crippen LogP contribution < -0.4 is 5.32 Å². The summed E-state index contributed by atoms with van der Waals surface area (Å²) in [5.41, 5.74) is 1.82. The van der Waals surface area contributed by atoms with Crippen LogP contribution in [-0.2, 0) is 0 Å². The van der Waals surface area contributed by atoms with Crippen LogP contribution in [0.4, 0.5) is 5.69 Å². The molecule has 2 aromatic heterocycles. The van der Waals surface area contributed by atoms with Crippen molar-refractivity contribution in [3.05, 3.63) is 66.1 Å². The van der Waals surface area contributed by atoms with Crippen molar-refractivity contribution in [2.75, 3.05) is 18.4 Å². The van der Waals surface area contributed by atoms with Crippen LogP contribution in [0.3, 0.4) is 0 Å². The van der Waals surface area contributed by atoms with Gasteiger partial charge in [-0.25, -0.2) is 0 Å². The monoisotopic (exact) mass is 376 g/mol. The molecule has 28 heavy (non-hydrogen) atoms. The molecular formula is C21H20N4O3. The van der Waals surface area contributed by atoms with E-state index in [2.05, 4.69) is 15.5 Å². The van der Waals surface area contributed by atoms with Crippen molar-refractivity contribution in [2.24, 2.45) is 0 Å². The summed E-state index contributed by atoms with van der Waals surface area (Å²) >= 11 is 0. The second kappa shape index (κ2) is 8.04. The van der Waals surface area contributed by atoms with Gasteiger partial charge >= 0.3 is 0 Å². The summed E-state index contributed by atoms with van der Waals surface area (Å²) in [6, 6.07) is 12.2. The third-order valence-electron chi connectivity index (χ3n) is 4.74. The molecule has 0 saturated carbocycles. The Morgan fingerprint density at radius 2 is 1.86 bits per heavy atom. The van der Waals surface area contributed by atoms with Crippen molar-refractivity contribution in [1.29, 1.82) is 0 Å². The van der Waals surface area contributed by atoms with Crippen molar-refractivity contribution in [3.8, 4) is 11.3 Å². The van der Waals surface area contributed by atoms with Crippen molar-refractivity contribution in [1.82, 2.24) is 15.0 Å². The highest BCUT2D eigenvalue weighted by Gasteiger charge is 2.22. The van der Waals surface area contributed by atoms with Crippen molar-refractivity contribution >= 4 is 17.5 Å². The number of amides is 2. The first-order chi connectivity index (χ1) is 13.7. The molecule has 4 rings (SSSR count). The van der Waals surface area contributed by atoms with Crippen LogP contribution in [0.1, 0.15) is 40.1 Å². The highest BCUT2D eigenvalue weighted by atomic mass is 16.5. The number of anilines is 1. The maximum Gasteiger partial charge on any atom is 0.277 e. The number of rotatable bonds is 4. The largest absolute Gasteiger partial charge is 0.355 e. The van der Waals surface area contributed by atoms with Gasteiger partial charge in [0.15, 0.2) is 11.5 Å². The van der Waals surface area contributed by atoms with Crippen molar-refractivity contribution < 1.29 is 14.1 Å². The van der Waals surface area contributed by atoms with E-state index >= 15 is 0 Å². The number of para-hydroxylation sites is 1. The zero-order valence-electron chi connectivity index (χ0n) is 15.3. The summed E-state index contributed by atoms with van der Waals surface area (Å²) in [6.07, 6.45) is 6.46. The highest BCUT2D eigenvalue weighted by molar-refractivity contribution is 6.08. The van der Waals surface area contributed by atoms with E-state index in [9.17, 15) is 9.59 Å². The number of aromatic nitrogens is 2. The first-order valence-corrected chi connectivity index (χ1v) is 9.29. The minimum Gasteiger partial charge on any atom is -0.355 e. The molecule has 1 aromatic carbocycles. The molecule has 1 fully saturated rings. The summed E-state index contributed by atoms with van der Waals surface area (Å²) < 4.78 is 5.26. The van der Waals surface area contributed by atoms with Gasteiger partial charge in [0.1, 0.15) is 0 Å². The number of nitrogens with one attached hydrogen (secondary N) is 1. The number of pyridine rings is 1. The van der Waals surface area contributed by atoms with Crippen molar-refractivity contribution in [3.63, 3.8) is 0 Å². The summed E-state index contributed by atoms with van der Waals surface area (Å²) in [7, 11) is 0. The summed E-state index contributed by atoms with van der Waals surface area (Å²) in [5, 5.41) is 6.63. The van der Waals surface area contributed by atoms with Gasteiger partial charge in [0, 0.05) is 37.1 Å². The smallest absolute Gasteiger partial charge is 0.277 e. The number of likely N-dealkylation sites (tertiary alicyclic amines) is 1. The summed E-state index contributed by atoms with van der Waals surface area (Å²) in [6.45, 7) is 1.50. The maximum absolute atomic E-state index is 12.9. The maximum atomic E-state index is 12.9. The number of benzene rings is 1. The predicted octanol–water partition coefficient (Wildman–Crippen LogP) is 3.62. The van der Waals surface area contributed by atoms with Crippen LogP contribution >= 0.6 is 0 Å². The minimum absolute atomic E-state index is 0.0631. The summed E-state index contributed by atoms with van der Waals surface area (Å²) in [4.78, 5) is 31.4. The van der Waals surface area contributed by atoms with E-state index in [0.717, 1.165) is 37.9 Å². The standard InChI is InChI=1S/C21H20N4O3/c26-20(18-13-19(28-24-18)15-7-6-10-22-14-15)23-17-9-3-2-8-16(17)21(27)25-11-4-1-5-12-25/h2-3,6-10,13-14H,1,4-5,11-12H2,(H,23,26). The predicted molar refractivity (Wildman–Crippen MR) is 104 cm³/mol. The lowest BCUT2D eigenvalue weighted by atomic mass is 10.1. The second-order valence-corrected chi connectivity index (χ2v) is 6.67. The SMILES string of the molecule is O=C(Nc1ccccc1C(=O)N1CCCCC1)c1cc(-c2cccnc2)on1. The molecule has 0 spiro atoms. The molecule has 7 nitrogen and oxygen atoms in total. The number of carbonyl (C=O) groups is 2. The van der Waals surface area contributed by atoms with Gasteiger partial charge in [-0.2, -0.15) is 0 Å². The Morgan fingerprint density at radius 3 is 2.64 bits per heavy atom. The quantitative estimate of drug-likeness (QED) is 0.751. The highest BCUT2D eigenvalue weighted by Crippen LogP contribution is 2.22. The molecule has 142 valence electrons. The number of hydrogen-bond donors (Lipinski definition) is 1. The number of carbonyl (C=O) groups excluding carboxylic acids is 2. The van der Waals surface area contributed by atoms with E-state index in [1.807, 2.05) is 11.0 Å². The van der Waals surface area contributed by atoms with Crippen LogP contribution in [0.15, 0.2) is 59.4 Å². The van der Waals surface area contributed by atoms with Gasteiger partial charge in [0.2, 0.25) is 0 Å². The first-order valence-electron chi connectivity index (χ1n) is 9.29. The van der Waals surface area contributed by atoms with E-state index < -0.39 is 5.91 Å². The Labute approximate surface area is 162 Å². The van der Waals surface area contributed by atoms with E-state index in [-0.39, 0.29) is 11.6 Å². The van der Waals surface area contributed by atoms with Crippen LogP contribution in [0.25, 0.3) is 11.3 Å². The lowest BCUT2D eigenvalue weighted by Crippen LogP contribution is -2.36. The molecule has 1 aliphatic heterocycles. The zero-order chi connectivity index (χ0) is 19.3. The lowest BCUT2D eigenvalue weighted by molar-refractivity contribution is 0.0725. The van der Waals surface area contributed by atoms with Gasteiger partial charge in [0.25, 0.3) is 11.8 Å². The Balaban J connectivity index is 1.52. The zero-order valence-corrected chi connectivity index (χ0v) is 15.3. The van der Waals surface area contributed by atoms with Crippen LogP contribution in [0.2, 0.25) is 0 Å². The molecule has 0 unspecified atom stereocenters. The molecule has 1 saturated heterocycles. The number of piperidine rings is 1. The van der Waals surface area contributed by atoms with E-state index in [4.69, 9.17) is 4.52 Å². The molecule has 0 atom stereocenters. The topological polar surface area (TPSA) is 88.3 Å². The number of nitrogens with zero attached hydrogens (tertiary/aromatic N) is 3. The van der Waals surface area contributed by atoms with E-state index in [1.165, 1.54) is 0 Å². The molecule has 3 aromatic rings. The fourth-order valence-electron chi connectivity index (χ4n) is 3.26. The third-order valence-corrected chi connectivity index (χ3v) is 4.74. The Bertz CT molecular complexity index is 978. The minimum atomic E-state index is -0.433. The molecule has 7 heteroatoms. The second-order valence-electron chi connectivity index (χ2n) is 6.67. The van der Waals surface area contributed by atoms with Gasteiger partial charge in [0.05, 0.1) is 11.3 Å². The van der Waals surface area contributed by atoms with Gasteiger partial charge in [-0.1, -0.05) is 17.3 Å². The van der Waals surface area contributed by atoms with Crippen LogP contribution in [0, 0.1) is 0 Å². The average Bonchev–Trinajstić information content (AvgIpc) is 3.25. The van der Waals surface area contributed by atoms with Gasteiger partial charge < -0.3 is 14.7 Å². The lowest BCUT2D eigenvalue weighted by Gasteiger charge is -2.27. The average molecular weight is 376 g/mol. The van der Waals surface area contributed by atoms with Crippen molar-refractivity contribution in [2.45, 2.75) is 19.3 Å².